The van der Waals surface area contributed by atoms with Crippen LogP contribution in [-0.2, 0) is 4.79 Å². The lowest BCUT2D eigenvalue weighted by Crippen LogP contribution is -2.25. The van der Waals surface area contributed by atoms with Crippen molar-refractivity contribution in [2.24, 2.45) is 10.1 Å². The lowest BCUT2D eigenvalue weighted by molar-refractivity contribution is -0.118. The SMILES string of the molecule is Cc1ccc(N=c2scc(-c3ccc4c(c3)NC(=O)CO4)n2N=Cc2c[nH]c3ccc(Br)cc23)cc1. The number of carbonyl (C=O) groups excluding carboxylic acids is 1. The molecule has 0 radical (unpaired) electrons. The van der Waals surface area contributed by atoms with Gasteiger partial charge in [-0.1, -0.05) is 33.6 Å². The monoisotopic (exact) mass is 557 g/mol. The van der Waals surface area contributed by atoms with Gasteiger partial charge in [0.25, 0.3) is 5.91 Å². The first-order valence-corrected chi connectivity index (χ1v) is 12.9. The van der Waals surface area contributed by atoms with Crippen LogP contribution in [0.2, 0.25) is 0 Å². The van der Waals surface area contributed by atoms with Crippen molar-refractivity contribution in [1.29, 1.82) is 0 Å². The van der Waals surface area contributed by atoms with Gasteiger partial charge >= 0.3 is 0 Å². The summed E-state index contributed by atoms with van der Waals surface area (Å²) in [5, 5.41) is 10.8. The Bertz CT molecular complexity index is 1710. The summed E-state index contributed by atoms with van der Waals surface area (Å²) in [6.45, 7) is 2.07. The van der Waals surface area contributed by atoms with Crippen molar-refractivity contribution in [2.75, 3.05) is 11.9 Å². The number of thiazole rings is 1. The highest BCUT2D eigenvalue weighted by molar-refractivity contribution is 9.10. The Morgan fingerprint density at radius 2 is 1.97 bits per heavy atom. The maximum atomic E-state index is 11.9. The number of carbonyl (C=O) groups is 1. The van der Waals surface area contributed by atoms with E-state index in [0.717, 1.165) is 42.7 Å². The molecule has 0 spiro atoms. The Morgan fingerprint density at radius 1 is 1.11 bits per heavy atom. The van der Waals surface area contributed by atoms with Gasteiger partial charge in [-0.2, -0.15) is 5.10 Å². The van der Waals surface area contributed by atoms with E-state index in [-0.39, 0.29) is 12.5 Å². The number of nitrogens with one attached hydrogen (secondary N) is 2. The van der Waals surface area contributed by atoms with Crippen molar-refractivity contribution in [3.8, 4) is 17.0 Å². The summed E-state index contributed by atoms with van der Waals surface area (Å²) in [5.41, 5.74) is 6.40. The third kappa shape index (κ3) is 4.38. The third-order valence-corrected chi connectivity index (χ3v) is 7.15. The molecule has 1 aliphatic heterocycles. The van der Waals surface area contributed by atoms with E-state index >= 15 is 0 Å². The molecule has 0 saturated carbocycles. The molecule has 0 aliphatic carbocycles. The summed E-state index contributed by atoms with van der Waals surface area (Å²) in [5.74, 6) is 0.481. The normalized spacial score (nSPS) is 13.7. The second-order valence-electron chi connectivity index (χ2n) is 8.39. The zero-order valence-electron chi connectivity index (χ0n) is 19.2. The number of aryl methyl sites for hydroxylation is 1. The molecule has 1 amide bonds. The molecule has 5 aromatic rings. The molecule has 0 bridgehead atoms. The Balaban J connectivity index is 1.48. The number of hydrogen-bond donors (Lipinski definition) is 2. The molecule has 6 rings (SSSR count). The van der Waals surface area contributed by atoms with Crippen LogP contribution in [0, 0.1) is 6.92 Å². The molecule has 0 unspecified atom stereocenters. The lowest BCUT2D eigenvalue weighted by atomic mass is 10.1. The number of anilines is 1. The van der Waals surface area contributed by atoms with Gasteiger partial charge < -0.3 is 15.0 Å². The van der Waals surface area contributed by atoms with Crippen molar-refractivity contribution in [1.82, 2.24) is 9.66 Å². The van der Waals surface area contributed by atoms with Crippen LogP contribution in [0.4, 0.5) is 11.4 Å². The van der Waals surface area contributed by atoms with Crippen LogP contribution in [0.15, 0.2) is 86.8 Å². The van der Waals surface area contributed by atoms with E-state index < -0.39 is 0 Å². The van der Waals surface area contributed by atoms with Gasteiger partial charge in [-0.25, -0.2) is 9.67 Å². The quantitative estimate of drug-likeness (QED) is 0.257. The number of H-pyrrole nitrogens is 1. The first-order valence-electron chi connectivity index (χ1n) is 11.2. The molecule has 0 fully saturated rings. The van der Waals surface area contributed by atoms with Crippen LogP contribution in [0.5, 0.6) is 5.75 Å². The van der Waals surface area contributed by atoms with Crippen LogP contribution in [0.25, 0.3) is 22.2 Å². The smallest absolute Gasteiger partial charge is 0.262 e. The second-order valence-corrected chi connectivity index (χ2v) is 10.1. The van der Waals surface area contributed by atoms with Crippen molar-refractivity contribution in [3.63, 3.8) is 0 Å². The minimum atomic E-state index is -0.170. The summed E-state index contributed by atoms with van der Waals surface area (Å²) in [6.07, 6.45) is 3.77. The number of hydrogen-bond acceptors (Lipinski definition) is 5. The molecule has 0 saturated heterocycles. The van der Waals surface area contributed by atoms with E-state index in [2.05, 4.69) is 39.2 Å². The largest absolute Gasteiger partial charge is 0.482 e. The van der Waals surface area contributed by atoms with E-state index in [1.54, 1.807) is 0 Å². The highest BCUT2D eigenvalue weighted by atomic mass is 79.9. The van der Waals surface area contributed by atoms with Gasteiger partial charge in [-0.05, 0) is 55.5 Å². The maximum Gasteiger partial charge on any atom is 0.262 e. The molecule has 178 valence electrons. The molecule has 2 aromatic heterocycles. The van der Waals surface area contributed by atoms with E-state index in [4.69, 9.17) is 14.8 Å². The van der Waals surface area contributed by atoms with Gasteiger partial charge in [-0.3, -0.25) is 4.79 Å². The van der Waals surface area contributed by atoms with E-state index in [9.17, 15) is 4.79 Å². The molecule has 3 aromatic carbocycles. The first kappa shape index (κ1) is 22.5. The van der Waals surface area contributed by atoms with Crippen LogP contribution in [-0.4, -0.2) is 28.4 Å². The first-order chi connectivity index (χ1) is 17.5. The zero-order valence-corrected chi connectivity index (χ0v) is 21.6. The highest BCUT2D eigenvalue weighted by Crippen LogP contribution is 2.33. The fourth-order valence-electron chi connectivity index (χ4n) is 4.00. The van der Waals surface area contributed by atoms with Crippen molar-refractivity contribution in [3.05, 3.63) is 92.6 Å². The van der Waals surface area contributed by atoms with Crippen LogP contribution in [0.3, 0.4) is 0 Å². The molecule has 1 aliphatic rings. The number of amides is 1. The number of fused-ring (bicyclic) bond motifs is 2. The van der Waals surface area contributed by atoms with Gasteiger partial charge in [-0.15, -0.1) is 11.3 Å². The Morgan fingerprint density at radius 3 is 2.83 bits per heavy atom. The standard InChI is InChI=1S/C27H20BrN5O2S/c1-16-2-6-20(7-3-16)31-27-33(30-13-18-12-29-22-8-5-19(28)11-21(18)22)24(15-36-27)17-4-9-25-23(10-17)32-26(34)14-35-25/h2-13,15,29H,14H2,1H3,(H,32,34). The molecule has 3 heterocycles. The minimum absolute atomic E-state index is 0.0232. The summed E-state index contributed by atoms with van der Waals surface area (Å²) < 4.78 is 8.36. The predicted octanol–water partition coefficient (Wildman–Crippen LogP) is 6.21. The molecule has 0 atom stereocenters. The van der Waals surface area contributed by atoms with Gasteiger partial charge in [0.1, 0.15) is 5.75 Å². The number of halogens is 1. The molecular weight excluding hydrogens is 538 g/mol. The lowest BCUT2D eigenvalue weighted by Gasteiger charge is -2.18. The Labute approximate surface area is 218 Å². The molecule has 9 heteroatoms. The summed E-state index contributed by atoms with van der Waals surface area (Å²) in [7, 11) is 0. The third-order valence-electron chi connectivity index (χ3n) is 5.84. The fourth-order valence-corrected chi connectivity index (χ4v) is 5.22. The van der Waals surface area contributed by atoms with Gasteiger partial charge in [0.15, 0.2) is 6.61 Å². The second kappa shape index (κ2) is 9.25. The van der Waals surface area contributed by atoms with Gasteiger partial charge in [0.2, 0.25) is 4.80 Å². The number of ether oxygens (including phenoxy) is 1. The van der Waals surface area contributed by atoms with Gasteiger partial charge in [0.05, 0.1) is 23.3 Å². The Hall–Kier alpha value is -3.95. The number of nitrogens with zero attached hydrogens (tertiary/aromatic N) is 3. The van der Waals surface area contributed by atoms with E-state index in [1.165, 1.54) is 16.9 Å². The zero-order chi connectivity index (χ0) is 24.6. The van der Waals surface area contributed by atoms with Crippen LogP contribution in [0.1, 0.15) is 11.1 Å². The van der Waals surface area contributed by atoms with E-state index in [0.29, 0.717) is 11.4 Å². The topological polar surface area (TPSA) is 83.8 Å². The molecule has 7 nitrogen and oxygen atoms in total. The molecular formula is C27H20BrN5O2S. The number of rotatable bonds is 4. The van der Waals surface area contributed by atoms with Crippen LogP contribution >= 0.6 is 27.3 Å². The highest BCUT2D eigenvalue weighted by Gasteiger charge is 2.18. The fraction of sp³-hybridized carbons (Fsp3) is 0.0741. The number of benzene rings is 3. The predicted molar refractivity (Wildman–Crippen MR) is 147 cm³/mol. The van der Waals surface area contributed by atoms with Gasteiger partial charge in [0, 0.05) is 38.1 Å². The average Bonchev–Trinajstić information content (AvgIpc) is 3.47. The van der Waals surface area contributed by atoms with Crippen molar-refractivity contribution < 1.29 is 9.53 Å². The summed E-state index contributed by atoms with van der Waals surface area (Å²) >= 11 is 5.05. The Kier molecular flexibility index (Phi) is 5.79. The minimum Gasteiger partial charge on any atom is -0.482 e. The van der Waals surface area contributed by atoms with Crippen molar-refractivity contribution >= 4 is 61.7 Å². The van der Waals surface area contributed by atoms with Crippen LogP contribution < -0.4 is 14.9 Å². The van der Waals surface area contributed by atoms with E-state index in [1.807, 2.05) is 77.1 Å². The maximum absolute atomic E-state index is 11.9. The molecule has 36 heavy (non-hydrogen) atoms. The average molecular weight is 558 g/mol. The number of aromatic amines is 1. The summed E-state index contributed by atoms with van der Waals surface area (Å²) in [4.78, 5) is 20.7. The molecule has 2 N–H and O–H groups in total. The summed E-state index contributed by atoms with van der Waals surface area (Å²) in [6, 6.07) is 19.9. The number of aromatic nitrogens is 2. The van der Waals surface area contributed by atoms with Crippen molar-refractivity contribution in [2.45, 2.75) is 6.92 Å².